The Kier molecular flexibility index (Phi) is 8.55. The molecule has 2 aliphatic heterocycles. The first-order chi connectivity index (χ1) is 33.3. The molecule has 68 heavy (non-hydrogen) atoms. The van der Waals surface area contributed by atoms with Crippen LogP contribution in [-0.4, -0.2) is 46.5 Å². The van der Waals surface area contributed by atoms with Crippen molar-refractivity contribution in [2.45, 2.75) is 25.7 Å². The van der Waals surface area contributed by atoms with E-state index in [-0.39, 0.29) is 35.3 Å². The third kappa shape index (κ3) is 5.46. The number of nitriles is 2. The minimum Gasteiger partial charge on any atom is -0.274 e. The van der Waals surface area contributed by atoms with E-state index in [0.717, 1.165) is 54.2 Å². The van der Waals surface area contributed by atoms with Crippen LogP contribution in [0.5, 0.6) is 0 Å². The highest BCUT2D eigenvalue weighted by atomic mass is 16.2. The SMILES string of the molecule is N#Cc1cc2c3c(ccc4c5c(C#N)cc6c7c(ccc(c1c34)c75)C(=O)N(CCCc1c3ccccc3cc3ccccc13)C6=O)C(=O)N(CCCc1c3ccccc3cc3ccccc13)C2=O. The monoisotopic (exact) mass is 876 g/mol. The molecule has 0 saturated carbocycles. The summed E-state index contributed by atoms with van der Waals surface area (Å²) in [6, 6.07) is 52.2. The molecule has 0 unspecified atom stereocenters. The maximum absolute atomic E-state index is 14.6. The summed E-state index contributed by atoms with van der Waals surface area (Å²) >= 11 is 0. The van der Waals surface area contributed by atoms with Crippen LogP contribution in [0.1, 0.15) is 76.5 Å². The predicted octanol–water partition coefficient (Wildman–Crippen LogP) is 12.6. The van der Waals surface area contributed by atoms with E-state index in [9.17, 15) is 29.7 Å². The fourth-order valence-electron chi connectivity index (χ4n) is 11.7. The lowest BCUT2D eigenvalue weighted by Crippen LogP contribution is -2.41. The zero-order valence-corrected chi connectivity index (χ0v) is 36.5. The van der Waals surface area contributed by atoms with Gasteiger partial charge in [-0.15, -0.1) is 0 Å². The normalized spacial score (nSPS) is 13.7. The largest absolute Gasteiger partial charge is 0.274 e. The Bertz CT molecular complexity index is 3850. The number of carbonyl (C=O) groups excluding carboxylic acids is 4. The minimum absolute atomic E-state index is 0.174. The Morgan fingerprint density at radius 2 is 0.691 bits per heavy atom. The molecule has 8 heteroatoms. The van der Waals surface area contributed by atoms with Crippen molar-refractivity contribution in [2.75, 3.05) is 13.1 Å². The molecular formula is C60H36N4O4. The maximum atomic E-state index is 14.6. The van der Waals surface area contributed by atoms with Gasteiger partial charge in [0.15, 0.2) is 0 Å². The van der Waals surface area contributed by atoms with Crippen LogP contribution in [-0.2, 0) is 12.8 Å². The fourth-order valence-corrected chi connectivity index (χ4v) is 11.7. The van der Waals surface area contributed by atoms with Crippen LogP contribution in [0.3, 0.4) is 0 Å². The van der Waals surface area contributed by atoms with Crippen LogP contribution in [0.25, 0.3) is 86.2 Å². The highest BCUT2D eigenvalue weighted by Gasteiger charge is 2.38. The number of hydrogen-bond donors (Lipinski definition) is 0. The van der Waals surface area contributed by atoms with E-state index in [2.05, 4.69) is 72.8 Å². The molecule has 11 aromatic rings. The molecule has 0 aromatic heterocycles. The van der Waals surface area contributed by atoms with Gasteiger partial charge in [0.1, 0.15) is 0 Å². The Hall–Kier alpha value is -8.98. The standard InChI is InChI=1S/C60H36N4O4/c61-31-37-29-49-53-47(57(65)63(59(49)67)25-9-19-43-39-15-5-1-11-33(39)27-34-12-2-6-16-40(34)43)23-21-45-52-38(32-62)30-50-54-48(24-22-46(56(52)54)51(37)55(45)53)58(66)64(60(50)68)26-10-20-44-41-17-7-3-13-35(41)28-36-14-4-8-18-42(36)44/h1-8,11-18,21-24,27-30H,9-10,19-20,25-26H2. The Labute approximate surface area is 388 Å². The molecular weight excluding hydrogens is 841 g/mol. The van der Waals surface area contributed by atoms with Gasteiger partial charge in [-0.2, -0.15) is 10.5 Å². The van der Waals surface area contributed by atoms with Gasteiger partial charge in [0.25, 0.3) is 23.6 Å². The number of benzene rings is 11. The van der Waals surface area contributed by atoms with Crippen molar-refractivity contribution in [3.63, 3.8) is 0 Å². The van der Waals surface area contributed by atoms with Gasteiger partial charge >= 0.3 is 0 Å². The minimum atomic E-state index is -0.480. The van der Waals surface area contributed by atoms with Gasteiger partial charge in [-0.1, -0.05) is 109 Å². The number of nitrogens with zero attached hydrogens (tertiary/aromatic N) is 4. The molecule has 0 N–H and O–H groups in total. The molecule has 0 fully saturated rings. The summed E-state index contributed by atoms with van der Waals surface area (Å²) in [4.78, 5) is 60.9. The lowest BCUT2D eigenvalue weighted by atomic mass is 9.79. The highest BCUT2D eigenvalue weighted by Crippen LogP contribution is 2.49. The summed E-state index contributed by atoms with van der Waals surface area (Å²) in [6.07, 6.45) is 2.32. The van der Waals surface area contributed by atoms with E-state index >= 15 is 0 Å². The topological polar surface area (TPSA) is 122 Å². The maximum Gasteiger partial charge on any atom is 0.261 e. The van der Waals surface area contributed by atoms with Gasteiger partial charge in [-0.05, 0) is 127 Å². The van der Waals surface area contributed by atoms with E-state index in [4.69, 9.17) is 0 Å². The number of rotatable bonds is 8. The summed E-state index contributed by atoms with van der Waals surface area (Å²) in [5.74, 6) is -1.80. The average molecular weight is 877 g/mol. The molecule has 0 bridgehead atoms. The number of fused-ring (bicyclic) bond motifs is 6. The highest BCUT2D eigenvalue weighted by molar-refractivity contribution is 6.42. The van der Waals surface area contributed by atoms with E-state index in [0.29, 0.717) is 79.9 Å². The van der Waals surface area contributed by atoms with Crippen LogP contribution < -0.4 is 0 Å². The smallest absolute Gasteiger partial charge is 0.261 e. The van der Waals surface area contributed by atoms with Crippen molar-refractivity contribution in [3.8, 4) is 12.1 Å². The molecule has 0 radical (unpaired) electrons. The first-order valence-electron chi connectivity index (χ1n) is 22.9. The van der Waals surface area contributed by atoms with E-state index in [1.54, 1.807) is 36.4 Å². The summed E-state index contributed by atoms with van der Waals surface area (Å²) in [7, 11) is 0. The van der Waals surface area contributed by atoms with Gasteiger partial charge in [0.2, 0.25) is 0 Å². The van der Waals surface area contributed by atoms with Crippen LogP contribution >= 0.6 is 0 Å². The van der Waals surface area contributed by atoms with Gasteiger partial charge < -0.3 is 0 Å². The molecule has 4 amide bonds. The zero-order chi connectivity index (χ0) is 45.9. The molecule has 13 rings (SSSR count). The number of aryl methyl sites for hydroxylation is 2. The quantitative estimate of drug-likeness (QED) is 0.0851. The van der Waals surface area contributed by atoms with Crippen molar-refractivity contribution in [1.29, 1.82) is 10.5 Å². The third-order valence-corrected chi connectivity index (χ3v) is 14.6. The van der Waals surface area contributed by atoms with Crippen LogP contribution in [0.4, 0.5) is 0 Å². The van der Waals surface area contributed by atoms with Gasteiger partial charge in [0, 0.05) is 56.5 Å². The Morgan fingerprint density at radius 1 is 0.353 bits per heavy atom. The van der Waals surface area contributed by atoms with Crippen molar-refractivity contribution in [3.05, 3.63) is 190 Å². The van der Waals surface area contributed by atoms with E-state index in [1.165, 1.54) is 9.80 Å². The zero-order valence-electron chi connectivity index (χ0n) is 36.5. The molecule has 0 spiro atoms. The van der Waals surface area contributed by atoms with Crippen LogP contribution in [0.15, 0.2) is 146 Å². The number of amides is 4. The van der Waals surface area contributed by atoms with Crippen molar-refractivity contribution >= 4 is 110 Å². The summed E-state index contributed by atoms with van der Waals surface area (Å²) in [5.41, 5.74) is 3.93. The second kappa shape index (κ2) is 14.8. The van der Waals surface area contributed by atoms with Crippen molar-refractivity contribution < 1.29 is 19.2 Å². The number of carbonyl (C=O) groups is 4. The molecule has 2 heterocycles. The summed E-state index contributed by atoms with van der Waals surface area (Å²) in [6.45, 7) is 0.347. The molecule has 2 aliphatic rings. The Balaban J connectivity index is 0.883. The second-order valence-electron chi connectivity index (χ2n) is 18.1. The van der Waals surface area contributed by atoms with Gasteiger partial charge in [-0.25, -0.2) is 0 Å². The second-order valence-corrected chi connectivity index (χ2v) is 18.1. The summed E-state index contributed by atoms with van der Waals surface area (Å²) in [5, 5.41) is 34.8. The van der Waals surface area contributed by atoms with E-state index in [1.807, 2.05) is 48.5 Å². The van der Waals surface area contributed by atoms with Crippen molar-refractivity contribution in [1.82, 2.24) is 9.80 Å². The summed E-state index contributed by atoms with van der Waals surface area (Å²) < 4.78 is 0. The molecule has 0 aliphatic carbocycles. The molecule has 0 atom stereocenters. The molecule has 320 valence electrons. The van der Waals surface area contributed by atoms with Gasteiger partial charge in [-0.3, -0.25) is 29.0 Å². The van der Waals surface area contributed by atoms with E-state index < -0.39 is 23.6 Å². The van der Waals surface area contributed by atoms with Crippen LogP contribution in [0, 0.1) is 22.7 Å². The first-order valence-corrected chi connectivity index (χ1v) is 22.9. The number of hydrogen-bond acceptors (Lipinski definition) is 6. The van der Waals surface area contributed by atoms with Crippen molar-refractivity contribution in [2.24, 2.45) is 0 Å². The number of imide groups is 2. The Morgan fingerprint density at radius 3 is 1.04 bits per heavy atom. The molecule has 8 nitrogen and oxygen atoms in total. The predicted molar refractivity (Wildman–Crippen MR) is 267 cm³/mol. The van der Waals surface area contributed by atoms with Gasteiger partial charge in [0.05, 0.1) is 34.4 Å². The lowest BCUT2D eigenvalue weighted by molar-refractivity contribution is 0.0593. The third-order valence-electron chi connectivity index (χ3n) is 14.6. The van der Waals surface area contributed by atoms with Crippen LogP contribution in [0.2, 0.25) is 0 Å². The lowest BCUT2D eigenvalue weighted by Gasteiger charge is -2.31. The average Bonchev–Trinajstić information content (AvgIpc) is 3.37. The molecule has 11 aromatic carbocycles. The first kappa shape index (κ1) is 39.4. The fraction of sp³-hybridized carbons (Fsp3) is 0.100. The molecule has 0 saturated heterocycles.